The predicted molar refractivity (Wildman–Crippen MR) is 77.2 cm³/mol. The van der Waals surface area contributed by atoms with Gasteiger partial charge < -0.3 is 9.80 Å². The SMILES string of the molecule is O=C(/C=C/c1ccsc1)N1CCN(C(=O)CC(F)(F)F)CC1. The molecule has 4 nitrogen and oxygen atoms in total. The smallest absolute Gasteiger partial charge is 0.339 e. The first-order valence-electron chi connectivity index (χ1n) is 6.69. The molecular weight excluding hydrogens is 317 g/mol. The molecule has 22 heavy (non-hydrogen) atoms. The molecule has 1 aromatic heterocycles. The summed E-state index contributed by atoms with van der Waals surface area (Å²) in [5.41, 5.74) is 0.928. The zero-order valence-corrected chi connectivity index (χ0v) is 12.5. The molecule has 0 saturated carbocycles. The molecule has 120 valence electrons. The Labute approximate surface area is 129 Å². The Morgan fingerprint density at radius 1 is 1.18 bits per heavy atom. The van der Waals surface area contributed by atoms with Gasteiger partial charge in [-0.15, -0.1) is 0 Å². The zero-order chi connectivity index (χ0) is 16.2. The fourth-order valence-electron chi connectivity index (χ4n) is 2.10. The lowest BCUT2D eigenvalue weighted by atomic mass is 10.2. The van der Waals surface area contributed by atoms with Gasteiger partial charge in [-0.2, -0.15) is 24.5 Å². The van der Waals surface area contributed by atoms with E-state index in [0.29, 0.717) is 0 Å². The van der Waals surface area contributed by atoms with Crippen LogP contribution in [0.25, 0.3) is 6.08 Å². The molecule has 1 aromatic rings. The second kappa shape index (κ2) is 6.95. The fraction of sp³-hybridized carbons (Fsp3) is 0.429. The maximum Gasteiger partial charge on any atom is 0.397 e. The third kappa shape index (κ3) is 4.87. The molecule has 0 unspecified atom stereocenters. The highest BCUT2D eigenvalue weighted by atomic mass is 32.1. The third-order valence-electron chi connectivity index (χ3n) is 3.26. The predicted octanol–water partition coefficient (Wildman–Crippen LogP) is 2.38. The van der Waals surface area contributed by atoms with E-state index in [-0.39, 0.29) is 32.1 Å². The van der Waals surface area contributed by atoms with E-state index in [1.165, 1.54) is 22.3 Å². The molecule has 0 radical (unpaired) electrons. The number of piperazine rings is 1. The number of alkyl halides is 3. The number of amides is 2. The van der Waals surface area contributed by atoms with Gasteiger partial charge in [-0.3, -0.25) is 9.59 Å². The van der Waals surface area contributed by atoms with E-state index in [2.05, 4.69) is 0 Å². The molecule has 0 atom stereocenters. The maximum absolute atomic E-state index is 12.2. The van der Waals surface area contributed by atoms with Gasteiger partial charge in [0.1, 0.15) is 6.42 Å². The largest absolute Gasteiger partial charge is 0.397 e. The number of rotatable bonds is 3. The van der Waals surface area contributed by atoms with Crippen molar-refractivity contribution in [1.29, 1.82) is 0 Å². The zero-order valence-electron chi connectivity index (χ0n) is 11.7. The van der Waals surface area contributed by atoms with E-state index >= 15 is 0 Å². The molecule has 1 aliphatic heterocycles. The van der Waals surface area contributed by atoms with Gasteiger partial charge in [0.15, 0.2) is 0 Å². The summed E-state index contributed by atoms with van der Waals surface area (Å²) in [6, 6.07) is 1.88. The van der Waals surface area contributed by atoms with Crippen LogP contribution >= 0.6 is 11.3 Å². The first-order chi connectivity index (χ1) is 10.3. The van der Waals surface area contributed by atoms with E-state index in [4.69, 9.17) is 0 Å². The third-order valence-corrected chi connectivity index (χ3v) is 3.96. The molecule has 8 heteroatoms. The lowest BCUT2D eigenvalue weighted by Crippen LogP contribution is -2.50. The molecule has 0 N–H and O–H groups in total. The van der Waals surface area contributed by atoms with Crippen LogP contribution in [0, 0.1) is 0 Å². The minimum Gasteiger partial charge on any atom is -0.339 e. The van der Waals surface area contributed by atoms with Gasteiger partial charge in [0.05, 0.1) is 0 Å². The van der Waals surface area contributed by atoms with Gasteiger partial charge in [-0.25, -0.2) is 0 Å². The van der Waals surface area contributed by atoms with Crippen molar-refractivity contribution < 1.29 is 22.8 Å². The van der Waals surface area contributed by atoms with Crippen molar-refractivity contribution in [3.63, 3.8) is 0 Å². The number of nitrogens with zero attached hydrogens (tertiary/aromatic N) is 2. The van der Waals surface area contributed by atoms with Crippen LogP contribution in [0.3, 0.4) is 0 Å². The lowest BCUT2D eigenvalue weighted by Gasteiger charge is -2.34. The highest BCUT2D eigenvalue weighted by Crippen LogP contribution is 2.21. The van der Waals surface area contributed by atoms with Crippen molar-refractivity contribution in [3.05, 3.63) is 28.5 Å². The van der Waals surface area contributed by atoms with Gasteiger partial charge >= 0.3 is 6.18 Å². The van der Waals surface area contributed by atoms with Crippen LogP contribution in [0.5, 0.6) is 0 Å². The Kier molecular flexibility index (Phi) is 5.23. The van der Waals surface area contributed by atoms with Crippen molar-refractivity contribution in [3.8, 4) is 0 Å². The van der Waals surface area contributed by atoms with E-state index in [9.17, 15) is 22.8 Å². The van der Waals surface area contributed by atoms with E-state index in [1.54, 1.807) is 6.08 Å². The Morgan fingerprint density at radius 3 is 2.36 bits per heavy atom. The molecule has 0 aliphatic carbocycles. The minimum atomic E-state index is -4.49. The molecule has 0 aromatic carbocycles. The fourth-order valence-corrected chi connectivity index (χ4v) is 2.73. The van der Waals surface area contributed by atoms with Crippen molar-refractivity contribution in [2.75, 3.05) is 26.2 Å². The van der Waals surface area contributed by atoms with Crippen LogP contribution < -0.4 is 0 Å². The van der Waals surface area contributed by atoms with Gasteiger partial charge in [0.25, 0.3) is 0 Å². The van der Waals surface area contributed by atoms with Crippen LogP contribution in [0.2, 0.25) is 0 Å². The van der Waals surface area contributed by atoms with Crippen molar-refractivity contribution in [1.82, 2.24) is 9.80 Å². The van der Waals surface area contributed by atoms with Crippen molar-refractivity contribution >= 4 is 29.2 Å². The summed E-state index contributed by atoms with van der Waals surface area (Å²) in [5, 5.41) is 3.80. The summed E-state index contributed by atoms with van der Waals surface area (Å²) in [6.07, 6.45) is -2.80. The van der Waals surface area contributed by atoms with Crippen molar-refractivity contribution in [2.24, 2.45) is 0 Å². The second-order valence-electron chi connectivity index (χ2n) is 4.89. The van der Waals surface area contributed by atoms with Gasteiger partial charge in [0.2, 0.25) is 11.8 Å². The number of carbonyl (C=O) groups is 2. The number of hydrogen-bond acceptors (Lipinski definition) is 3. The monoisotopic (exact) mass is 332 g/mol. The average Bonchev–Trinajstić information content (AvgIpc) is 2.96. The number of carbonyl (C=O) groups excluding carboxylic acids is 2. The van der Waals surface area contributed by atoms with Gasteiger partial charge in [-0.1, -0.05) is 0 Å². The lowest BCUT2D eigenvalue weighted by molar-refractivity contribution is -0.163. The minimum absolute atomic E-state index is 0.132. The average molecular weight is 332 g/mol. The first kappa shape index (κ1) is 16.5. The molecular formula is C14H15F3N2O2S. The van der Waals surface area contributed by atoms with Crippen molar-refractivity contribution in [2.45, 2.75) is 12.6 Å². The first-order valence-corrected chi connectivity index (χ1v) is 7.63. The van der Waals surface area contributed by atoms with E-state index < -0.39 is 18.5 Å². The normalized spacial score (nSPS) is 16.3. The number of halogens is 3. The summed E-state index contributed by atoms with van der Waals surface area (Å²) >= 11 is 1.52. The quantitative estimate of drug-likeness (QED) is 0.798. The molecule has 0 spiro atoms. The Balaban J connectivity index is 1.81. The Morgan fingerprint density at radius 2 is 1.82 bits per heavy atom. The van der Waals surface area contributed by atoms with Gasteiger partial charge in [-0.05, 0) is 28.5 Å². The highest BCUT2D eigenvalue weighted by molar-refractivity contribution is 7.08. The van der Waals surface area contributed by atoms with Crippen LogP contribution in [0.4, 0.5) is 13.2 Å². The van der Waals surface area contributed by atoms with E-state index in [1.807, 2.05) is 16.8 Å². The van der Waals surface area contributed by atoms with Crippen LogP contribution in [0.15, 0.2) is 22.9 Å². The molecule has 2 amide bonds. The second-order valence-corrected chi connectivity index (χ2v) is 5.67. The highest BCUT2D eigenvalue weighted by Gasteiger charge is 2.34. The van der Waals surface area contributed by atoms with E-state index in [0.717, 1.165) is 10.5 Å². The summed E-state index contributed by atoms with van der Waals surface area (Å²) in [6.45, 7) is 0.757. The molecule has 0 bridgehead atoms. The molecule has 2 rings (SSSR count). The van der Waals surface area contributed by atoms with Crippen LogP contribution in [-0.2, 0) is 9.59 Å². The summed E-state index contributed by atoms with van der Waals surface area (Å²) in [4.78, 5) is 26.1. The topological polar surface area (TPSA) is 40.6 Å². The maximum atomic E-state index is 12.2. The Bertz CT molecular complexity index is 547. The molecule has 2 heterocycles. The molecule has 1 saturated heterocycles. The van der Waals surface area contributed by atoms with Gasteiger partial charge in [0, 0.05) is 32.3 Å². The molecule has 1 fully saturated rings. The summed E-state index contributed by atoms with van der Waals surface area (Å²) in [7, 11) is 0. The van der Waals surface area contributed by atoms with Crippen LogP contribution in [0.1, 0.15) is 12.0 Å². The number of hydrogen-bond donors (Lipinski definition) is 0. The summed E-state index contributed by atoms with van der Waals surface area (Å²) < 4.78 is 36.5. The Hall–Kier alpha value is -1.83. The molecule has 1 aliphatic rings. The summed E-state index contributed by atoms with van der Waals surface area (Å²) in [5.74, 6) is -1.14. The standard InChI is InChI=1S/C14H15F3N2O2S/c15-14(16,17)9-13(21)19-6-4-18(5-7-19)12(20)2-1-11-3-8-22-10-11/h1-3,8,10H,4-7,9H2/b2-1+. The van der Waals surface area contributed by atoms with Crippen LogP contribution in [-0.4, -0.2) is 54.0 Å². The number of thiophene rings is 1.